The molecule has 2 aliphatic heterocycles. The van der Waals surface area contributed by atoms with Gasteiger partial charge in [0.05, 0.1) is 24.9 Å². The monoisotopic (exact) mass is 224 g/mol. The predicted octanol–water partition coefficient (Wildman–Crippen LogP) is 0.855. The molecule has 1 N–H and O–H groups in total. The van der Waals surface area contributed by atoms with Crippen LogP contribution in [0, 0.1) is 0 Å². The number of halogens is 1. The molecule has 2 atom stereocenters. The molecule has 86 valence electrons. The normalized spacial score (nSPS) is 32.6. The Hall–Kier alpha value is -1.17. The van der Waals surface area contributed by atoms with Gasteiger partial charge in [-0.2, -0.15) is 0 Å². The number of nitrogens with one attached hydrogen (secondary N) is 1. The molecule has 0 spiro atoms. The highest BCUT2D eigenvalue weighted by molar-refractivity contribution is 5.45. The predicted molar refractivity (Wildman–Crippen MR) is 55.7 cm³/mol. The number of ether oxygens (including phenoxy) is 2. The highest BCUT2D eigenvalue weighted by atomic mass is 19.1. The highest BCUT2D eigenvalue weighted by Crippen LogP contribution is 2.32. The van der Waals surface area contributed by atoms with Crippen LogP contribution in [0.3, 0.4) is 0 Å². The zero-order chi connectivity index (χ0) is 11.1. The molecule has 0 aromatic rings. The molecule has 0 aromatic carbocycles. The molecular weight excluding hydrogens is 211 g/mol. The van der Waals surface area contributed by atoms with E-state index < -0.39 is 6.29 Å². The maximum atomic E-state index is 13.2. The van der Waals surface area contributed by atoms with Crippen LogP contribution >= 0.6 is 0 Å². The summed E-state index contributed by atoms with van der Waals surface area (Å²) in [5.41, 5.74) is 5.06. The maximum absolute atomic E-state index is 13.2. The van der Waals surface area contributed by atoms with E-state index in [1.807, 2.05) is 11.1 Å². The van der Waals surface area contributed by atoms with E-state index in [2.05, 4.69) is 5.43 Å². The van der Waals surface area contributed by atoms with Crippen LogP contribution < -0.4 is 5.43 Å². The van der Waals surface area contributed by atoms with Crippen LogP contribution in [-0.4, -0.2) is 37.6 Å². The van der Waals surface area contributed by atoms with Crippen molar-refractivity contribution in [2.75, 3.05) is 20.3 Å². The van der Waals surface area contributed by atoms with Crippen LogP contribution in [0.5, 0.6) is 0 Å². The molecule has 2 heterocycles. The third-order valence-electron chi connectivity index (χ3n) is 2.98. The van der Waals surface area contributed by atoms with Gasteiger partial charge in [0.15, 0.2) is 6.29 Å². The highest BCUT2D eigenvalue weighted by Gasteiger charge is 2.37. The van der Waals surface area contributed by atoms with Crippen molar-refractivity contribution in [1.29, 1.82) is 0 Å². The van der Waals surface area contributed by atoms with Gasteiger partial charge in [0.2, 0.25) is 0 Å². The van der Waals surface area contributed by atoms with E-state index in [1.165, 1.54) is 12.2 Å². The zero-order valence-electron chi connectivity index (χ0n) is 8.94. The summed E-state index contributed by atoms with van der Waals surface area (Å²) in [5.74, 6) is -0.233. The van der Waals surface area contributed by atoms with Crippen molar-refractivity contribution in [3.05, 3.63) is 35.3 Å². The summed E-state index contributed by atoms with van der Waals surface area (Å²) < 4.78 is 24.0. The summed E-state index contributed by atoms with van der Waals surface area (Å²) >= 11 is 0. The summed E-state index contributed by atoms with van der Waals surface area (Å²) in [6, 6.07) is 0.0360. The number of methoxy groups -OCH3 is 1. The molecule has 1 aliphatic carbocycles. The Kier molecular flexibility index (Phi) is 2.31. The molecule has 0 amide bonds. The number of morpholine rings is 1. The van der Waals surface area contributed by atoms with Crippen molar-refractivity contribution in [2.45, 2.75) is 12.3 Å². The number of hydrogen-bond acceptors (Lipinski definition) is 4. The van der Waals surface area contributed by atoms with E-state index in [1.54, 1.807) is 7.11 Å². The molecule has 3 aliphatic rings. The topological polar surface area (TPSA) is 33.7 Å². The van der Waals surface area contributed by atoms with Crippen LogP contribution in [-0.2, 0) is 9.47 Å². The lowest BCUT2D eigenvalue weighted by molar-refractivity contribution is -0.139. The van der Waals surface area contributed by atoms with Crippen molar-refractivity contribution in [3.8, 4) is 0 Å². The molecular formula is C11H13FN2O2. The van der Waals surface area contributed by atoms with E-state index in [9.17, 15) is 4.39 Å². The molecule has 1 saturated heterocycles. The molecule has 4 nitrogen and oxygen atoms in total. The fraction of sp³-hybridized carbons (Fsp3) is 0.455. The number of hydrazine groups is 1. The third kappa shape index (κ3) is 1.40. The lowest BCUT2D eigenvalue weighted by Crippen LogP contribution is -2.45. The average Bonchev–Trinajstić information content (AvgIpc) is 2.66. The van der Waals surface area contributed by atoms with Gasteiger partial charge < -0.3 is 14.5 Å². The van der Waals surface area contributed by atoms with Crippen LogP contribution in [0.1, 0.15) is 0 Å². The molecule has 2 unspecified atom stereocenters. The summed E-state index contributed by atoms with van der Waals surface area (Å²) in [7, 11) is 1.59. The van der Waals surface area contributed by atoms with Gasteiger partial charge >= 0.3 is 0 Å². The largest absolute Gasteiger partial charge is 0.350 e. The number of allylic oxidation sites excluding steroid dienone is 2. The van der Waals surface area contributed by atoms with Gasteiger partial charge in [0, 0.05) is 12.7 Å². The van der Waals surface area contributed by atoms with Crippen molar-refractivity contribution in [1.82, 2.24) is 10.4 Å². The van der Waals surface area contributed by atoms with Crippen LogP contribution in [0.15, 0.2) is 35.3 Å². The summed E-state index contributed by atoms with van der Waals surface area (Å²) in [6.07, 6.45) is 4.41. The third-order valence-corrected chi connectivity index (χ3v) is 2.98. The summed E-state index contributed by atoms with van der Waals surface area (Å²) in [5, 5.41) is 1.98. The van der Waals surface area contributed by atoms with Crippen molar-refractivity contribution in [3.63, 3.8) is 0 Å². The van der Waals surface area contributed by atoms with E-state index in [0.29, 0.717) is 6.61 Å². The second-order valence-corrected chi connectivity index (χ2v) is 3.93. The van der Waals surface area contributed by atoms with Gasteiger partial charge in [0.25, 0.3) is 0 Å². The van der Waals surface area contributed by atoms with E-state index in [0.717, 1.165) is 17.8 Å². The van der Waals surface area contributed by atoms with Crippen LogP contribution in [0.2, 0.25) is 0 Å². The molecule has 3 rings (SSSR count). The molecule has 0 saturated carbocycles. The smallest absolute Gasteiger partial charge is 0.200 e. The van der Waals surface area contributed by atoms with Gasteiger partial charge in [-0.05, 0) is 12.2 Å². The molecule has 1 fully saturated rings. The number of rotatable bonds is 1. The van der Waals surface area contributed by atoms with E-state index in [4.69, 9.17) is 9.47 Å². The first-order valence-corrected chi connectivity index (χ1v) is 5.27. The molecule has 0 aromatic heterocycles. The first kappa shape index (κ1) is 10.0. The van der Waals surface area contributed by atoms with Crippen molar-refractivity contribution in [2.24, 2.45) is 0 Å². The minimum Gasteiger partial charge on any atom is -0.350 e. The second-order valence-electron chi connectivity index (χ2n) is 3.93. The fourth-order valence-corrected chi connectivity index (χ4v) is 2.28. The van der Waals surface area contributed by atoms with Gasteiger partial charge in [-0.25, -0.2) is 9.82 Å². The van der Waals surface area contributed by atoms with Crippen molar-refractivity contribution >= 4 is 0 Å². The summed E-state index contributed by atoms with van der Waals surface area (Å²) in [4.78, 5) is 0. The zero-order valence-corrected chi connectivity index (χ0v) is 8.94. The van der Waals surface area contributed by atoms with Crippen LogP contribution in [0.25, 0.3) is 0 Å². The minimum absolute atomic E-state index is 0.0360. The van der Waals surface area contributed by atoms with Gasteiger partial charge in [0.1, 0.15) is 5.83 Å². The number of fused-ring (bicyclic) bond motifs is 2. The lowest BCUT2D eigenvalue weighted by Gasteiger charge is -2.32. The molecule has 0 bridgehead atoms. The fourth-order valence-electron chi connectivity index (χ4n) is 2.28. The number of hydrogen-bond donors (Lipinski definition) is 1. The number of nitrogens with zero attached hydrogens (tertiary/aromatic N) is 1. The van der Waals surface area contributed by atoms with Crippen molar-refractivity contribution < 1.29 is 13.9 Å². The molecule has 0 radical (unpaired) electrons. The Bertz CT molecular complexity index is 403. The van der Waals surface area contributed by atoms with E-state index in [-0.39, 0.29) is 11.9 Å². The molecule has 16 heavy (non-hydrogen) atoms. The van der Waals surface area contributed by atoms with E-state index >= 15 is 0 Å². The second kappa shape index (κ2) is 3.69. The average molecular weight is 224 g/mol. The van der Waals surface area contributed by atoms with Gasteiger partial charge in [-0.1, -0.05) is 6.08 Å². The Morgan fingerprint density at radius 1 is 1.62 bits per heavy atom. The minimum atomic E-state index is -0.406. The Morgan fingerprint density at radius 3 is 3.31 bits per heavy atom. The Morgan fingerprint density at radius 2 is 2.50 bits per heavy atom. The van der Waals surface area contributed by atoms with Gasteiger partial charge in [-0.15, -0.1) is 0 Å². The van der Waals surface area contributed by atoms with Crippen LogP contribution in [0.4, 0.5) is 4.39 Å². The lowest BCUT2D eigenvalue weighted by atomic mass is 10.0. The SMILES string of the molecule is COC1OCCN2NC3C=CC(F)=CC3=C12. The Labute approximate surface area is 93.0 Å². The van der Waals surface area contributed by atoms with Gasteiger partial charge in [-0.3, -0.25) is 0 Å². The standard InChI is InChI=1S/C11H13FN2O2/c1-15-11-10-8-6-7(12)2-3-9(8)13-14(10)4-5-16-11/h2-3,6,9,11,13H,4-5H2,1H3. The maximum Gasteiger partial charge on any atom is 0.200 e. The molecule has 5 heteroatoms. The quantitative estimate of drug-likeness (QED) is 0.716. The first-order valence-electron chi connectivity index (χ1n) is 5.27. The first-order chi connectivity index (χ1) is 7.79. The Balaban J connectivity index is 2.03. The summed E-state index contributed by atoms with van der Waals surface area (Å²) in [6.45, 7) is 1.35.